The number of carbonyl (C=O) groups excluding carboxylic acids is 1. The lowest BCUT2D eigenvalue weighted by molar-refractivity contribution is 0.0957. The Hall–Kier alpha value is -2.91. The van der Waals surface area contributed by atoms with Gasteiger partial charge in [0.15, 0.2) is 0 Å². The molecule has 2 aromatic carbocycles. The summed E-state index contributed by atoms with van der Waals surface area (Å²) in [6.45, 7) is 4.33. The first kappa shape index (κ1) is 24.2. The molecule has 1 heterocycles. The van der Waals surface area contributed by atoms with Crippen LogP contribution in [-0.2, 0) is 10.0 Å². The second-order valence-electron chi connectivity index (χ2n) is 9.20. The third kappa shape index (κ3) is 4.67. The quantitative estimate of drug-likeness (QED) is 0.483. The third-order valence-electron chi connectivity index (χ3n) is 6.27. The van der Waals surface area contributed by atoms with Crippen LogP contribution in [0.1, 0.15) is 66.6 Å². The lowest BCUT2D eigenvalue weighted by Crippen LogP contribution is -2.32. The summed E-state index contributed by atoms with van der Waals surface area (Å²) >= 11 is 0. The van der Waals surface area contributed by atoms with Gasteiger partial charge in [-0.05, 0) is 66.5 Å². The fourth-order valence-electron chi connectivity index (χ4n) is 4.28. The fraction of sp³-hybridized carbons (Fsp3) is 0.440. The van der Waals surface area contributed by atoms with E-state index in [0.29, 0.717) is 34.6 Å². The topological polar surface area (TPSA) is 105 Å². The minimum absolute atomic E-state index is 0.102. The van der Waals surface area contributed by atoms with Crippen molar-refractivity contribution in [2.75, 3.05) is 30.8 Å². The van der Waals surface area contributed by atoms with Crippen molar-refractivity contribution in [2.24, 2.45) is 0 Å². The van der Waals surface area contributed by atoms with Crippen LogP contribution in [0.4, 0.5) is 5.69 Å². The number of benzene rings is 2. The van der Waals surface area contributed by atoms with Crippen LogP contribution in [-0.4, -0.2) is 55.7 Å². The molecule has 34 heavy (non-hydrogen) atoms. The van der Waals surface area contributed by atoms with Crippen molar-refractivity contribution in [3.8, 4) is 5.69 Å². The zero-order valence-electron chi connectivity index (χ0n) is 20.1. The molecule has 0 spiro atoms. The summed E-state index contributed by atoms with van der Waals surface area (Å²) in [5.41, 5.74) is 4.39. The van der Waals surface area contributed by atoms with Gasteiger partial charge in [0.25, 0.3) is 5.91 Å². The third-order valence-corrected chi connectivity index (χ3v) is 7.45. The lowest BCUT2D eigenvalue weighted by atomic mass is 10.0. The summed E-state index contributed by atoms with van der Waals surface area (Å²) in [6, 6.07) is 11.6. The summed E-state index contributed by atoms with van der Waals surface area (Å²) in [4.78, 5) is 13.0. The number of aromatic nitrogens is 2. The smallest absolute Gasteiger partial charge is 0.270 e. The molecular weight excluding hydrogens is 452 g/mol. The van der Waals surface area contributed by atoms with Gasteiger partial charge in [-0.2, -0.15) is 5.10 Å². The van der Waals surface area contributed by atoms with E-state index in [1.165, 1.54) is 16.1 Å². The van der Waals surface area contributed by atoms with Crippen LogP contribution in [0.2, 0.25) is 0 Å². The predicted molar refractivity (Wildman–Crippen MR) is 134 cm³/mol. The number of hydrogen-bond acceptors (Lipinski definition) is 5. The molecule has 3 aromatic rings. The van der Waals surface area contributed by atoms with Crippen LogP contribution < -0.4 is 9.62 Å². The minimum atomic E-state index is -3.57. The van der Waals surface area contributed by atoms with E-state index < -0.39 is 10.0 Å². The highest BCUT2D eigenvalue weighted by atomic mass is 32.2. The summed E-state index contributed by atoms with van der Waals surface area (Å²) in [5.74, 6) is 0.364. The molecule has 2 N–H and O–H groups in total. The molecule has 0 unspecified atom stereocenters. The zero-order chi connectivity index (χ0) is 24.6. The molecule has 1 aromatic heterocycles. The molecular formula is C25H32N4O4S. The number of nitrogens with one attached hydrogen (secondary N) is 1. The number of amides is 1. The molecule has 0 aliphatic heterocycles. The Kier molecular flexibility index (Phi) is 6.69. The van der Waals surface area contributed by atoms with Crippen molar-refractivity contribution >= 4 is 32.5 Å². The molecule has 1 aliphatic rings. The summed E-state index contributed by atoms with van der Waals surface area (Å²) < 4.78 is 28.3. The second kappa shape index (κ2) is 9.38. The van der Waals surface area contributed by atoms with Gasteiger partial charge in [0.2, 0.25) is 10.0 Å². The van der Waals surface area contributed by atoms with E-state index in [1.54, 1.807) is 17.8 Å². The maximum Gasteiger partial charge on any atom is 0.270 e. The van der Waals surface area contributed by atoms with Crippen molar-refractivity contribution in [2.45, 2.75) is 44.9 Å². The monoisotopic (exact) mass is 484 g/mol. The minimum Gasteiger partial charge on any atom is -0.396 e. The Bertz CT molecular complexity index is 1310. The zero-order valence-corrected chi connectivity index (χ0v) is 20.9. The molecule has 8 nitrogen and oxygen atoms in total. The maximum absolute atomic E-state index is 13.0. The number of sulfonamides is 1. The van der Waals surface area contributed by atoms with E-state index in [2.05, 4.69) is 19.2 Å². The first-order valence-corrected chi connectivity index (χ1v) is 13.5. The van der Waals surface area contributed by atoms with Crippen LogP contribution in [0.5, 0.6) is 0 Å². The van der Waals surface area contributed by atoms with E-state index in [9.17, 15) is 18.3 Å². The normalized spacial score (nSPS) is 14.1. The fourth-order valence-corrected chi connectivity index (χ4v) is 5.26. The standard InChI is InChI=1S/C25H32N4O4S/c1-16(2)17-8-10-19(11-9-17)29-24(25(31)26-3)21-14-20(18-6-7-18)23(15-22(21)27-29)28(12-5-13-30)34(4,32)33/h8-11,14-16,18,30H,5-7,12-13H2,1-4H3,(H,26,31). The molecule has 4 rings (SSSR count). The number of fused-ring (bicyclic) bond motifs is 1. The number of aliphatic hydroxyl groups is 1. The van der Waals surface area contributed by atoms with E-state index >= 15 is 0 Å². The van der Waals surface area contributed by atoms with E-state index in [0.717, 1.165) is 24.1 Å². The molecule has 9 heteroatoms. The number of hydrogen-bond donors (Lipinski definition) is 2. The van der Waals surface area contributed by atoms with Crippen molar-refractivity contribution in [3.63, 3.8) is 0 Å². The first-order valence-electron chi connectivity index (χ1n) is 11.6. The van der Waals surface area contributed by atoms with E-state index in [-0.39, 0.29) is 25.0 Å². The Morgan fingerprint density at radius 3 is 2.44 bits per heavy atom. The number of rotatable bonds is 9. The highest BCUT2D eigenvalue weighted by Gasteiger charge is 2.32. The van der Waals surface area contributed by atoms with Gasteiger partial charge < -0.3 is 10.4 Å². The SMILES string of the molecule is CNC(=O)c1c2cc(C3CC3)c(N(CCCO)S(C)(=O)=O)cc2nn1-c1ccc(C(C)C)cc1. The molecule has 1 aliphatic carbocycles. The van der Waals surface area contributed by atoms with Crippen LogP contribution >= 0.6 is 0 Å². The van der Waals surface area contributed by atoms with Gasteiger partial charge in [-0.1, -0.05) is 26.0 Å². The number of anilines is 1. The Morgan fingerprint density at radius 2 is 1.91 bits per heavy atom. The highest BCUT2D eigenvalue weighted by Crippen LogP contribution is 2.46. The first-order chi connectivity index (χ1) is 16.2. The summed E-state index contributed by atoms with van der Waals surface area (Å²) in [6.07, 6.45) is 3.44. The van der Waals surface area contributed by atoms with Crippen molar-refractivity contribution < 1.29 is 18.3 Å². The van der Waals surface area contributed by atoms with Crippen LogP contribution in [0, 0.1) is 0 Å². The molecule has 0 saturated heterocycles. The Morgan fingerprint density at radius 1 is 1.24 bits per heavy atom. The van der Waals surface area contributed by atoms with Gasteiger partial charge in [-0.25, -0.2) is 13.1 Å². The average Bonchev–Trinajstić information content (AvgIpc) is 3.58. The number of nitrogens with zero attached hydrogens (tertiary/aromatic N) is 3. The van der Waals surface area contributed by atoms with E-state index in [4.69, 9.17) is 5.10 Å². The number of carbonyl (C=O) groups is 1. The molecule has 1 amide bonds. The van der Waals surface area contributed by atoms with Crippen LogP contribution in [0.3, 0.4) is 0 Å². The highest BCUT2D eigenvalue weighted by molar-refractivity contribution is 7.92. The van der Waals surface area contributed by atoms with Gasteiger partial charge in [-0.15, -0.1) is 0 Å². The van der Waals surface area contributed by atoms with Gasteiger partial charge in [0.1, 0.15) is 5.69 Å². The van der Waals surface area contributed by atoms with Crippen molar-refractivity contribution in [1.29, 1.82) is 0 Å². The number of aliphatic hydroxyl groups excluding tert-OH is 1. The van der Waals surface area contributed by atoms with Gasteiger partial charge in [0.05, 0.1) is 23.1 Å². The van der Waals surface area contributed by atoms with Crippen molar-refractivity contribution in [3.05, 3.63) is 53.2 Å². The van der Waals surface area contributed by atoms with Crippen molar-refractivity contribution in [1.82, 2.24) is 15.1 Å². The Balaban J connectivity index is 1.94. The molecule has 0 radical (unpaired) electrons. The lowest BCUT2D eigenvalue weighted by Gasteiger charge is -2.25. The second-order valence-corrected chi connectivity index (χ2v) is 11.1. The molecule has 182 valence electrons. The Labute approximate surface area is 200 Å². The predicted octanol–water partition coefficient (Wildman–Crippen LogP) is 3.53. The molecule has 0 bridgehead atoms. The molecule has 1 saturated carbocycles. The maximum atomic E-state index is 13.0. The van der Waals surface area contributed by atoms with Crippen LogP contribution in [0.25, 0.3) is 16.6 Å². The van der Waals surface area contributed by atoms with Gasteiger partial charge >= 0.3 is 0 Å². The average molecular weight is 485 g/mol. The molecule has 0 atom stereocenters. The van der Waals surface area contributed by atoms with Crippen LogP contribution in [0.15, 0.2) is 36.4 Å². The summed E-state index contributed by atoms with van der Waals surface area (Å²) in [5, 5.41) is 17.5. The summed E-state index contributed by atoms with van der Waals surface area (Å²) in [7, 11) is -1.98. The molecule has 1 fully saturated rings. The van der Waals surface area contributed by atoms with Gasteiger partial charge in [-0.3, -0.25) is 9.10 Å². The van der Waals surface area contributed by atoms with E-state index in [1.807, 2.05) is 30.3 Å². The van der Waals surface area contributed by atoms with Gasteiger partial charge in [0, 0.05) is 25.6 Å². The largest absolute Gasteiger partial charge is 0.396 e.